The first kappa shape index (κ1) is 33.2. The second kappa shape index (κ2) is 17.5. The van der Waals surface area contributed by atoms with Crippen molar-refractivity contribution in [3.05, 3.63) is 64.2 Å². The van der Waals surface area contributed by atoms with Gasteiger partial charge in [0.1, 0.15) is 0 Å². The zero-order valence-electron chi connectivity index (χ0n) is 20.3. The standard InChI is InChI=1S/C9H27Si4.2C5H5.C4H8O.Lu/c1-11(2,3)10(12(4,5)6)13(7,8)9;3*1-2-4-5-3-1;/h1-9H3;2*1-5H;1-4H2;. The van der Waals surface area contributed by atoms with Crippen molar-refractivity contribution in [3.63, 3.8) is 0 Å². The van der Waals surface area contributed by atoms with E-state index in [1.54, 1.807) is 0 Å². The summed E-state index contributed by atoms with van der Waals surface area (Å²) in [4.78, 5) is 0. The molecule has 0 aromatic carbocycles. The van der Waals surface area contributed by atoms with Gasteiger partial charge in [-0.15, -0.1) is 0 Å². The van der Waals surface area contributed by atoms with Crippen molar-refractivity contribution in [2.75, 3.05) is 13.2 Å². The molecule has 0 N–H and O–H groups in total. The normalized spacial score (nSPS) is 19.2. The van der Waals surface area contributed by atoms with Gasteiger partial charge in [-0.2, -0.15) is 0 Å². The molecule has 6 heteroatoms. The smallest absolute Gasteiger partial charge is 0.0466 e. The third-order valence-corrected chi connectivity index (χ3v) is 62.7. The Kier molecular flexibility index (Phi) is 20.1. The van der Waals surface area contributed by atoms with E-state index < -0.39 is 22.8 Å². The molecule has 2 aliphatic carbocycles. The van der Waals surface area contributed by atoms with Crippen molar-refractivity contribution in [1.29, 1.82) is 0 Å². The molecule has 1 nitrogen and oxygen atoms in total. The van der Waals surface area contributed by atoms with Crippen LogP contribution in [0, 0.1) is 101 Å². The monoisotopic (exact) mass is 624 g/mol. The number of rotatable bonds is 3. The summed E-state index contributed by atoms with van der Waals surface area (Å²) in [6.07, 6.45) is 22.6. The van der Waals surface area contributed by atoms with E-state index in [4.69, 9.17) is 4.74 Å². The Balaban J connectivity index is 0. The molecule has 0 amide bonds. The molecular weight excluding hydrogens is 580 g/mol. The first-order valence-electron chi connectivity index (χ1n) is 10.7. The fourth-order valence-corrected chi connectivity index (χ4v) is 92.3. The van der Waals surface area contributed by atoms with Crippen LogP contribution in [0.25, 0.3) is 0 Å². The molecule has 3 fully saturated rings. The first-order valence-corrected chi connectivity index (χ1v) is 25.7. The van der Waals surface area contributed by atoms with E-state index in [0.717, 1.165) is 13.2 Å². The van der Waals surface area contributed by atoms with Crippen molar-refractivity contribution >= 4 is 30.1 Å². The second-order valence-electron chi connectivity index (χ2n) is 10.4. The molecule has 0 atom stereocenters. The first-order chi connectivity index (χ1) is 12.9. The van der Waals surface area contributed by atoms with Gasteiger partial charge in [0.2, 0.25) is 0 Å². The van der Waals surface area contributed by atoms with Crippen LogP contribution < -0.4 is 0 Å². The third kappa shape index (κ3) is 19.3. The van der Waals surface area contributed by atoms with Crippen LogP contribution in [0.3, 0.4) is 0 Å². The van der Waals surface area contributed by atoms with E-state index >= 15 is 0 Å². The molecule has 1 saturated heterocycles. The molecule has 3 rings (SSSR count). The average Bonchev–Trinajstić information content (AvgIpc) is 3.30. The summed E-state index contributed by atoms with van der Waals surface area (Å²) in [5.41, 5.74) is 0. The van der Waals surface area contributed by atoms with Gasteiger partial charge in [0.15, 0.2) is 0 Å². The van der Waals surface area contributed by atoms with Crippen LogP contribution in [0.4, 0.5) is 0 Å². The summed E-state index contributed by atoms with van der Waals surface area (Å²) in [6, 6.07) is 0. The Morgan fingerprint density at radius 3 is 0.759 bits per heavy atom. The Morgan fingerprint density at radius 2 is 0.690 bits per heavy atom. The largest absolute Gasteiger partial charge is 0.381 e. The molecule has 0 spiro atoms. The molecule has 2 saturated carbocycles. The van der Waals surface area contributed by atoms with Crippen molar-refractivity contribution in [1.82, 2.24) is 0 Å². The number of hydrogen-bond acceptors (Lipinski definition) is 1. The predicted molar refractivity (Wildman–Crippen MR) is 139 cm³/mol. The van der Waals surface area contributed by atoms with Crippen molar-refractivity contribution in [2.45, 2.75) is 71.8 Å². The molecule has 0 unspecified atom stereocenters. The maximum absolute atomic E-state index is 4.94. The van der Waals surface area contributed by atoms with Gasteiger partial charge in [0.25, 0.3) is 0 Å². The average molecular weight is 625 g/mol. The zero-order chi connectivity index (χ0) is 21.7. The molecule has 12 radical (unpaired) electrons. The Morgan fingerprint density at radius 1 is 0.483 bits per heavy atom. The summed E-state index contributed by atoms with van der Waals surface area (Å²) in [7, 11) is -2.47. The van der Waals surface area contributed by atoms with Crippen LogP contribution in [0.5, 0.6) is 0 Å². The third-order valence-electron chi connectivity index (χ3n) is 4.19. The van der Waals surface area contributed by atoms with E-state index in [9.17, 15) is 0 Å². The van der Waals surface area contributed by atoms with E-state index in [2.05, 4.69) is 58.9 Å². The van der Waals surface area contributed by atoms with E-state index in [-0.39, 0.29) is 44.2 Å². The van der Waals surface area contributed by atoms with Gasteiger partial charge in [0, 0.05) is 80.2 Å². The summed E-state index contributed by atoms with van der Waals surface area (Å²) in [6.45, 7) is 25.5. The molecule has 3 aliphatic rings. The fourth-order valence-electron chi connectivity index (χ4n) is 4.53. The minimum atomic E-state index is -0.832. The summed E-state index contributed by atoms with van der Waals surface area (Å²) in [5.74, 6) is 0. The van der Waals surface area contributed by atoms with E-state index in [1.807, 2.05) is 64.2 Å². The Labute approximate surface area is 219 Å². The van der Waals surface area contributed by atoms with Crippen molar-refractivity contribution in [3.8, 4) is 0 Å². The summed E-state index contributed by atoms with van der Waals surface area (Å²) in [5, 5.41) is 0. The van der Waals surface area contributed by atoms with Crippen LogP contribution in [-0.4, -0.2) is 43.3 Å². The molecular formula is C23H45LuOSi4. The quantitative estimate of drug-likeness (QED) is 0.323. The topological polar surface area (TPSA) is 9.23 Å². The van der Waals surface area contributed by atoms with Gasteiger partial charge in [-0.25, -0.2) is 0 Å². The van der Waals surface area contributed by atoms with Crippen molar-refractivity contribution in [2.24, 2.45) is 0 Å². The van der Waals surface area contributed by atoms with Gasteiger partial charge in [-0.3, -0.25) is 0 Å². The maximum atomic E-state index is 4.94. The predicted octanol–water partition coefficient (Wildman–Crippen LogP) is 6.57. The van der Waals surface area contributed by atoms with Crippen LogP contribution in [-0.2, 0) is 4.74 Å². The minimum absolute atomic E-state index is 0. The Bertz CT molecular complexity index is 281. The van der Waals surface area contributed by atoms with Crippen LogP contribution >= 0.6 is 0 Å². The van der Waals surface area contributed by atoms with E-state index in [1.165, 1.54) is 12.8 Å². The van der Waals surface area contributed by atoms with Gasteiger partial charge in [-0.1, -0.05) is 58.9 Å². The minimum Gasteiger partial charge on any atom is -0.381 e. The summed E-state index contributed by atoms with van der Waals surface area (Å²) >= 11 is 0. The molecule has 0 aromatic rings. The van der Waals surface area contributed by atoms with Gasteiger partial charge < -0.3 is 4.74 Å². The van der Waals surface area contributed by atoms with Crippen LogP contribution in [0.1, 0.15) is 12.8 Å². The number of hydrogen-bond donors (Lipinski definition) is 0. The number of ether oxygens (including phenoxy) is 1. The molecule has 0 bridgehead atoms. The Hall–Kier alpha value is 2.06. The van der Waals surface area contributed by atoms with Gasteiger partial charge in [-0.05, 0) is 77.0 Å². The summed E-state index contributed by atoms with van der Waals surface area (Å²) < 4.78 is 4.94. The van der Waals surface area contributed by atoms with Crippen LogP contribution in [0.2, 0.25) is 58.9 Å². The van der Waals surface area contributed by atoms with Gasteiger partial charge in [0.05, 0.1) is 0 Å². The molecule has 0 aromatic heterocycles. The van der Waals surface area contributed by atoms with Crippen LogP contribution in [0.15, 0.2) is 0 Å². The molecule has 29 heavy (non-hydrogen) atoms. The molecule has 1 heterocycles. The molecule has 1 aliphatic heterocycles. The fraction of sp³-hybridized carbons (Fsp3) is 0.565. The SMILES string of the molecule is C1CCOC1.C[Si](C)(C)[Si]([Si](C)(C)C)[Si](C)(C)C.[CH]1[CH][CH][CH][CH]1.[CH]1[CH][CH][CH][CH]1.[Lu]. The molecule has 174 valence electrons. The van der Waals surface area contributed by atoms with Gasteiger partial charge >= 0.3 is 0 Å². The zero-order valence-corrected chi connectivity index (χ0v) is 25.9. The van der Waals surface area contributed by atoms with Crippen molar-refractivity contribution < 1.29 is 41.6 Å². The van der Waals surface area contributed by atoms with E-state index in [0.29, 0.717) is 0 Å². The maximum Gasteiger partial charge on any atom is 0.0466 e. The second-order valence-corrected chi connectivity index (χ2v) is 47.1.